The Balaban J connectivity index is 4.51. The number of carbonyl (C=O) groups excluding carboxylic acids is 4. The smallest absolute Gasteiger partial charge is 0.242 e. The molecule has 4 N–H and O–H groups in total. The molecule has 0 bridgehead atoms. The van der Waals surface area contributed by atoms with Crippen molar-refractivity contribution in [2.24, 2.45) is 0 Å². The summed E-state index contributed by atoms with van der Waals surface area (Å²) in [5.41, 5.74) is 0. The Morgan fingerprint density at radius 1 is 0.482 bits per heavy atom. The molecule has 0 heterocycles. The van der Waals surface area contributed by atoms with Gasteiger partial charge in [0.05, 0.1) is 13.0 Å². The van der Waals surface area contributed by atoms with Gasteiger partial charge < -0.3 is 26.0 Å². The van der Waals surface area contributed by atoms with E-state index < -0.39 is 23.8 Å². The van der Waals surface area contributed by atoms with Crippen molar-refractivity contribution in [2.45, 2.75) is 245 Å². The number of hydrogen-bond donors (Lipinski definition) is 4. The van der Waals surface area contributed by atoms with Crippen molar-refractivity contribution in [3.8, 4) is 0 Å². The molecule has 0 aliphatic rings. The normalized spacial score (nSPS) is 11.7. The first-order chi connectivity index (χ1) is 27.4. The second kappa shape index (κ2) is 42.4. The Morgan fingerprint density at radius 3 is 1.14 bits per heavy atom. The summed E-state index contributed by atoms with van der Waals surface area (Å²) in [4.78, 5) is 52.6. The molecule has 0 aliphatic carbocycles. The number of aliphatic hydroxyl groups is 1. The molecule has 0 saturated carbocycles. The molecule has 9 nitrogen and oxygen atoms in total. The zero-order valence-electron chi connectivity index (χ0n) is 37.2. The van der Waals surface area contributed by atoms with Gasteiger partial charge in [0.25, 0.3) is 0 Å². The van der Waals surface area contributed by atoms with Gasteiger partial charge in [0.1, 0.15) is 6.04 Å². The maximum atomic E-state index is 13.4. The molecule has 0 radical (unpaired) electrons. The zero-order chi connectivity index (χ0) is 41.2. The minimum absolute atomic E-state index is 0.0146. The summed E-state index contributed by atoms with van der Waals surface area (Å²) in [6.45, 7) is 5.87. The average Bonchev–Trinajstić information content (AvgIpc) is 3.20. The van der Waals surface area contributed by atoms with Crippen LogP contribution in [0.4, 0.5) is 0 Å². The fourth-order valence-electron chi connectivity index (χ4n) is 7.54. The second-order valence-electron chi connectivity index (χ2n) is 16.5. The monoisotopic (exact) mass is 793 g/mol. The average molecular weight is 793 g/mol. The fourth-order valence-corrected chi connectivity index (χ4v) is 7.54. The summed E-state index contributed by atoms with van der Waals surface area (Å²) >= 11 is 0. The summed E-state index contributed by atoms with van der Waals surface area (Å²) in [7, 11) is 1.45. The lowest BCUT2D eigenvalue weighted by Gasteiger charge is -2.23. The van der Waals surface area contributed by atoms with E-state index in [-0.39, 0.29) is 38.3 Å². The summed E-state index contributed by atoms with van der Waals surface area (Å²) in [5.74, 6) is -1.35. The minimum atomic E-state index is -1.03. The topological polar surface area (TPSA) is 128 Å². The van der Waals surface area contributed by atoms with Gasteiger partial charge in [-0.15, -0.1) is 0 Å². The Morgan fingerprint density at radius 2 is 0.821 bits per heavy atom. The van der Waals surface area contributed by atoms with E-state index in [1.165, 1.54) is 187 Å². The molecule has 1 atom stereocenters. The third-order valence-electron chi connectivity index (χ3n) is 11.2. The van der Waals surface area contributed by atoms with Crippen LogP contribution in [0, 0.1) is 0 Å². The Bertz CT molecular complexity index is 881. The van der Waals surface area contributed by atoms with Crippen LogP contribution in [0.2, 0.25) is 0 Å². The van der Waals surface area contributed by atoms with E-state index in [1.807, 2.05) is 4.90 Å². The van der Waals surface area contributed by atoms with E-state index >= 15 is 0 Å². The maximum absolute atomic E-state index is 13.4. The molecule has 0 aromatic heterocycles. The molecular weight excluding hydrogens is 701 g/mol. The van der Waals surface area contributed by atoms with Crippen molar-refractivity contribution < 1.29 is 24.3 Å². The Labute approximate surface area is 345 Å². The SMILES string of the molecule is CCCCCCCCCCCCCCCCCCN(CCCCCCCCCCCCCCCCCC)C(=O)CCC(=O)NC(CC(=O)NCCO)C(=O)NC. The van der Waals surface area contributed by atoms with Crippen LogP contribution < -0.4 is 16.0 Å². The molecule has 0 saturated heterocycles. The molecular formula is C47H92N4O5. The summed E-state index contributed by atoms with van der Waals surface area (Å²) in [6, 6.07) is -1.03. The molecule has 0 aliphatic heterocycles. The first-order valence-electron chi connectivity index (χ1n) is 24.1. The molecule has 0 fully saturated rings. The van der Waals surface area contributed by atoms with Crippen LogP contribution in [0.1, 0.15) is 239 Å². The van der Waals surface area contributed by atoms with Crippen LogP contribution in [0.25, 0.3) is 0 Å². The Hall–Kier alpha value is -2.16. The third kappa shape index (κ3) is 36.2. The minimum Gasteiger partial charge on any atom is -0.395 e. The number of aliphatic hydroxyl groups excluding tert-OH is 1. The first kappa shape index (κ1) is 53.8. The van der Waals surface area contributed by atoms with Crippen LogP contribution in [0.3, 0.4) is 0 Å². The van der Waals surface area contributed by atoms with Gasteiger partial charge in [0.15, 0.2) is 0 Å². The second-order valence-corrected chi connectivity index (χ2v) is 16.5. The van der Waals surface area contributed by atoms with E-state index in [0.29, 0.717) is 0 Å². The van der Waals surface area contributed by atoms with E-state index in [0.717, 1.165) is 38.8 Å². The van der Waals surface area contributed by atoms with E-state index in [2.05, 4.69) is 29.8 Å². The van der Waals surface area contributed by atoms with Gasteiger partial charge in [-0.3, -0.25) is 19.2 Å². The van der Waals surface area contributed by atoms with Crippen molar-refractivity contribution in [3.05, 3.63) is 0 Å². The number of amides is 4. The largest absolute Gasteiger partial charge is 0.395 e. The fraction of sp³-hybridized carbons (Fsp3) is 0.915. The lowest BCUT2D eigenvalue weighted by molar-refractivity contribution is -0.135. The highest BCUT2D eigenvalue weighted by molar-refractivity contribution is 5.92. The van der Waals surface area contributed by atoms with Gasteiger partial charge in [-0.1, -0.05) is 206 Å². The van der Waals surface area contributed by atoms with Gasteiger partial charge in [0.2, 0.25) is 23.6 Å². The molecule has 0 aromatic rings. The highest BCUT2D eigenvalue weighted by atomic mass is 16.3. The zero-order valence-corrected chi connectivity index (χ0v) is 37.2. The number of hydrogen-bond acceptors (Lipinski definition) is 5. The number of carbonyl (C=O) groups is 4. The van der Waals surface area contributed by atoms with Gasteiger partial charge >= 0.3 is 0 Å². The van der Waals surface area contributed by atoms with Gasteiger partial charge in [-0.05, 0) is 12.8 Å². The van der Waals surface area contributed by atoms with Gasteiger partial charge in [-0.25, -0.2) is 0 Å². The predicted octanol–water partition coefficient (Wildman–Crippen LogP) is 10.8. The van der Waals surface area contributed by atoms with Gasteiger partial charge in [0, 0.05) is 39.5 Å². The maximum Gasteiger partial charge on any atom is 0.242 e. The number of unbranched alkanes of at least 4 members (excludes halogenated alkanes) is 30. The quantitative estimate of drug-likeness (QED) is 0.0457. The molecule has 56 heavy (non-hydrogen) atoms. The van der Waals surface area contributed by atoms with Crippen LogP contribution >= 0.6 is 0 Å². The van der Waals surface area contributed by atoms with E-state index in [9.17, 15) is 19.2 Å². The lowest BCUT2D eigenvalue weighted by Crippen LogP contribution is -2.48. The van der Waals surface area contributed by atoms with Crippen LogP contribution in [0.15, 0.2) is 0 Å². The van der Waals surface area contributed by atoms with Crippen LogP contribution in [-0.4, -0.2) is 73.0 Å². The predicted molar refractivity (Wildman–Crippen MR) is 236 cm³/mol. The van der Waals surface area contributed by atoms with Crippen molar-refractivity contribution in [2.75, 3.05) is 33.3 Å². The molecule has 0 aromatic carbocycles. The number of nitrogens with one attached hydrogen (secondary N) is 3. The number of rotatable bonds is 43. The first-order valence-corrected chi connectivity index (χ1v) is 24.1. The highest BCUT2D eigenvalue weighted by Crippen LogP contribution is 2.16. The number of likely N-dealkylation sites (N-methyl/N-ethyl adjacent to an activating group) is 1. The Kier molecular flexibility index (Phi) is 40.8. The summed E-state index contributed by atoms with van der Waals surface area (Å²) in [6.07, 6.45) is 41.9. The molecule has 9 heteroatoms. The highest BCUT2D eigenvalue weighted by Gasteiger charge is 2.24. The van der Waals surface area contributed by atoms with E-state index in [4.69, 9.17) is 5.11 Å². The third-order valence-corrected chi connectivity index (χ3v) is 11.2. The van der Waals surface area contributed by atoms with Crippen molar-refractivity contribution >= 4 is 23.6 Å². The van der Waals surface area contributed by atoms with Crippen LogP contribution in [-0.2, 0) is 19.2 Å². The summed E-state index contributed by atoms with van der Waals surface area (Å²) < 4.78 is 0. The lowest BCUT2D eigenvalue weighted by atomic mass is 10.0. The van der Waals surface area contributed by atoms with Crippen molar-refractivity contribution in [1.29, 1.82) is 0 Å². The van der Waals surface area contributed by atoms with Crippen molar-refractivity contribution in [3.63, 3.8) is 0 Å². The molecule has 0 spiro atoms. The summed E-state index contributed by atoms with van der Waals surface area (Å²) in [5, 5.41) is 16.6. The number of nitrogens with zero attached hydrogens (tertiary/aromatic N) is 1. The van der Waals surface area contributed by atoms with Crippen LogP contribution in [0.5, 0.6) is 0 Å². The molecule has 4 amide bonds. The van der Waals surface area contributed by atoms with E-state index in [1.54, 1.807) is 0 Å². The standard InChI is InChI=1S/C47H92N4O5/c1-4-6-8-10-12-14-16-18-20-22-24-26-28-30-32-34-39-51(40-35-33-31-29-27-25-23-21-19-17-15-13-11-9-7-5-2)46(55)37-36-44(53)50-43(47(56)48-3)42-45(54)49-38-41-52/h43,52H,4-42H2,1-3H3,(H,48,56)(H,49,54)(H,50,53). The van der Waals surface area contributed by atoms with Gasteiger partial charge in [-0.2, -0.15) is 0 Å². The molecule has 330 valence electrons. The molecule has 1 unspecified atom stereocenters. The molecule has 0 rings (SSSR count). The van der Waals surface area contributed by atoms with Crippen molar-refractivity contribution in [1.82, 2.24) is 20.9 Å².